The maximum Gasteiger partial charge on any atom is 0.328 e. The third kappa shape index (κ3) is 3.24. The van der Waals surface area contributed by atoms with Crippen LogP contribution in [0.25, 0.3) is 0 Å². The average Bonchev–Trinajstić information content (AvgIpc) is 2.35. The molecule has 1 atom stereocenters. The third-order valence-corrected chi connectivity index (χ3v) is 2.73. The van der Waals surface area contributed by atoms with Crippen molar-refractivity contribution in [3.05, 3.63) is 29.3 Å². The maximum absolute atomic E-state index is 11.7. The van der Waals surface area contributed by atoms with Crippen molar-refractivity contribution in [3.8, 4) is 6.07 Å². The van der Waals surface area contributed by atoms with Gasteiger partial charge in [-0.1, -0.05) is 19.9 Å². The smallest absolute Gasteiger partial charge is 0.328 e. The van der Waals surface area contributed by atoms with Gasteiger partial charge in [0.1, 0.15) is 12.1 Å². The van der Waals surface area contributed by atoms with Gasteiger partial charge in [-0.05, 0) is 30.5 Å². The fourth-order valence-corrected chi connectivity index (χ4v) is 1.67. The number of rotatable bonds is 4. The predicted octanol–water partition coefficient (Wildman–Crippen LogP) is 2.48. The number of nitriles is 1. The molecule has 0 spiro atoms. The SMILES string of the molecule is COC(=O)C(Nc1ccc(C)cc1C#N)C(C)C. The normalized spacial score (nSPS) is 11.8. The van der Waals surface area contributed by atoms with E-state index in [1.54, 1.807) is 6.07 Å². The summed E-state index contributed by atoms with van der Waals surface area (Å²) < 4.78 is 4.76. The van der Waals surface area contributed by atoms with Crippen LogP contribution in [0.3, 0.4) is 0 Å². The molecule has 1 rings (SSSR count). The number of methoxy groups -OCH3 is 1. The molecule has 1 unspecified atom stereocenters. The summed E-state index contributed by atoms with van der Waals surface area (Å²) in [5.41, 5.74) is 2.20. The molecule has 1 aromatic rings. The summed E-state index contributed by atoms with van der Waals surface area (Å²) in [5.74, 6) is -0.250. The first kappa shape index (κ1) is 14.0. The van der Waals surface area contributed by atoms with Crippen LogP contribution in [0.15, 0.2) is 18.2 Å². The van der Waals surface area contributed by atoms with Gasteiger partial charge < -0.3 is 10.1 Å². The summed E-state index contributed by atoms with van der Waals surface area (Å²) in [6, 6.07) is 7.17. The number of hydrogen-bond donors (Lipinski definition) is 1. The summed E-state index contributed by atoms with van der Waals surface area (Å²) in [5, 5.41) is 12.2. The van der Waals surface area contributed by atoms with Gasteiger partial charge in [0.25, 0.3) is 0 Å². The largest absolute Gasteiger partial charge is 0.467 e. The first-order chi connectivity index (χ1) is 8.49. The number of esters is 1. The van der Waals surface area contributed by atoms with Crippen LogP contribution in [0.2, 0.25) is 0 Å². The van der Waals surface area contributed by atoms with Gasteiger partial charge >= 0.3 is 5.97 Å². The summed E-state index contributed by atoms with van der Waals surface area (Å²) >= 11 is 0. The van der Waals surface area contributed by atoms with Gasteiger partial charge in [0, 0.05) is 0 Å². The Labute approximate surface area is 108 Å². The van der Waals surface area contributed by atoms with E-state index in [0.717, 1.165) is 5.56 Å². The van der Waals surface area contributed by atoms with Gasteiger partial charge in [0.15, 0.2) is 0 Å². The van der Waals surface area contributed by atoms with E-state index in [-0.39, 0.29) is 11.9 Å². The molecule has 4 heteroatoms. The van der Waals surface area contributed by atoms with E-state index in [1.165, 1.54) is 7.11 Å². The minimum atomic E-state index is -0.454. The molecule has 0 bridgehead atoms. The maximum atomic E-state index is 11.7. The fraction of sp³-hybridized carbons (Fsp3) is 0.429. The Balaban J connectivity index is 3.01. The van der Waals surface area contributed by atoms with Crippen LogP contribution >= 0.6 is 0 Å². The molecule has 0 aliphatic carbocycles. The lowest BCUT2D eigenvalue weighted by molar-refractivity contribution is -0.142. The summed E-state index contributed by atoms with van der Waals surface area (Å²) in [6.07, 6.45) is 0. The van der Waals surface area contributed by atoms with Crippen LogP contribution in [0, 0.1) is 24.2 Å². The Kier molecular flexibility index (Phi) is 4.73. The van der Waals surface area contributed by atoms with Crippen molar-refractivity contribution in [3.63, 3.8) is 0 Å². The lowest BCUT2D eigenvalue weighted by atomic mass is 10.0. The number of hydrogen-bond acceptors (Lipinski definition) is 4. The molecule has 1 aromatic carbocycles. The Morgan fingerprint density at radius 3 is 2.61 bits per heavy atom. The van der Waals surface area contributed by atoms with Crippen LogP contribution in [-0.2, 0) is 9.53 Å². The van der Waals surface area contributed by atoms with Gasteiger partial charge in [-0.25, -0.2) is 4.79 Å². The van der Waals surface area contributed by atoms with E-state index in [9.17, 15) is 4.79 Å². The molecule has 0 saturated heterocycles. The number of ether oxygens (including phenoxy) is 1. The lowest BCUT2D eigenvalue weighted by Gasteiger charge is -2.21. The van der Waals surface area contributed by atoms with E-state index in [0.29, 0.717) is 11.3 Å². The highest BCUT2D eigenvalue weighted by atomic mass is 16.5. The van der Waals surface area contributed by atoms with Crippen LogP contribution in [0.5, 0.6) is 0 Å². The molecular weight excluding hydrogens is 228 g/mol. The second-order valence-corrected chi connectivity index (χ2v) is 4.55. The van der Waals surface area contributed by atoms with Crippen molar-refractivity contribution in [1.82, 2.24) is 0 Å². The molecule has 1 N–H and O–H groups in total. The van der Waals surface area contributed by atoms with E-state index in [4.69, 9.17) is 10.00 Å². The molecule has 96 valence electrons. The summed E-state index contributed by atoms with van der Waals surface area (Å²) in [7, 11) is 1.36. The van der Waals surface area contributed by atoms with E-state index >= 15 is 0 Å². The number of nitrogens with zero attached hydrogens (tertiary/aromatic N) is 1. The van der Waals surface area contributed by atoms with Crippen molar-refractivity contribution in [2.45, 2.75) is 26.8 Å². The highest BCUT2D eigenvalue weighted by Gasteiger charge is 2.23. The van der Waals surface area contributed by atoms with Crippen molar-refractivity contribution < 1.29 is 9.53 Å². The minimum Gasteiger partial charge on any atom is -0.467 e. The number of anilines is 1. The Hall–Kier alpha value is -2.02. The van der Waals surface area contributed by atoms with Gasteiger partial charge in [-0.3, -0.25) is 0 Å². The summed E-state index contributed by atoms with van der Waals surface area (Å²) in [4.78, 5) is 11.7. The van der Waals surface area contributed by atoms with E-state index in [1.807, 2.05) is 32.9 Å². The number of nitrogens with one attached hydrogen (secondary N) is 1. The first-order valence-electron chi connectivity index (χ1n) is 5.84. The number of benzene rings is 1. The molecular formula is C14H18N2O2. The molecule has 0 heterocycles. The zero-order valence-corrected chi connectivity index (χ0v) is 11.2. The first-order valence-corrected chi connectivity index (χ1v) is 5.84. The van der Waals surface area contributed by atoms with Gasteiger partial charge in [-0.2, -0.15) is 5.26 Å². The Morgan fingerprint density at radius 2 is 2.11 bits per heavy atom. The van der Waals surface area contributed by atoms with Gasteiger partial charge in [0.05, 0.1) is 18.4 Å². The minimum absolute atomic E-state index is 0.0743. The van der Waals surface area contributed by atoms with Crippen LogP contribution in [-0.4, -0.2) is 19.1 Å². The molecule has 0 aromatic heterocycles. The Morgan fingerprint density at radius 1 is 1.44 bits per heavy atom. The second-order valence-electron chi connectivity index (χ2n) is 4.55. The summed E-state index contributed by atoms with van der Waals surface area (Å²) in [6.45, 7) is 5.77. The molecule has 0 saturated carbocycles. The Bertz CT molecular complexity index is 475. The van der Waals surface area contributed by atoms with Crippen molar-refractivity contribution in [2.75, 3.05) is 12.4 Å². The highest BCUT2D eigenvalue weighted by Crippen LogP contribution is 2.19. The topological polar surface area (TPSA) is 62.1 Å². The van der Waals surface area contributed by atoms with Crippen molar-refractivity contribution in [2.24, 2.45) is 5.92 Å². The molecule has 0 aliphatic rings. The fourth-order valence-electron chi connectivity index (χ4n) is 1.67. The molecule has 18 heavy (non-hydrogen) atoms. The predicted molar refractivity (Wildman–Crippen MR) is 70.2 cm³/mol. The molecule has 0 fully saturated rings. The standard InChI is InChI=1S/C14H18N2O2/c1-9(2)13(14(17)18-4)16-12-6-5-10(3)7-11(12)8-15/h5-7,9,13,16H,1-4H3. The van der Waals surface area contributed by atoms with E-state index < -0.39 is 6.04 Å². The zero-order chi connectivity index (χ0) is 13.7. The molecule has 0 amide bonds. The van der Waals surface area contributed by atoms with Gasteiger partial charge in [0.2, 0.25) is 0 Å². The molecule has 0 aliphatic heterocycles. The third-order valence-electron chi connectivity index (χ3n) is 2.73. The van der Waals surface area contributed by atoms with Crippen molar-refractivity contribution >= 4 is 11.7 Å². The number of carbonyl (C=O) groups excluding carboxylic acids is 1. The molecule has 4 nitrogen and oxygen atoms in total. The number of carbonyl (C=O) groups is 1. The monoisotopic (exact) mass is 246 g/mol. The quantitative estimate of drug-likeness (QED) is 0.829. The van der Waals surface area contributed by atoms with E-state index in [2.05, 4.69) is 11.4 Å². The average molecular weight is 246 g/mol. The second kappa shape index (κ2) is 6.06. The van der Waals surface area contributed by atoms with Crippen LogP contribution < -0.4 is 5.32 Å². The van der Waals surface area contributed by atoms with Crippen LogP contribution in [0.4, 0.5) is 5.69 Å². The number of aryl methyl sites for hydroxylation is 1. The highest BCUT2D eigenvalue weighted by molar-refractivity contribution is 5.80. The van der Waals surface area contributed by atoms with Gasteiger partial charge in [-0.15, -0.1) is 0 Å². The molecule has 0 radical (unpaired) electrons. The lowest BCUT2D eigenvalue weighted by Crippen LogP contribution is -2.35. The van der Waals surface area contributed by atoms with Crippen LogP contribution in [0.1, 0.15) is 25.0 Å². The zero-order valence-electron chi connectivity index (χ0n) is 11.2. The van der Waals surface area contributed by atoms with Crippen molar-refractivity contribution in [1.29, 1.82) is 5.26 Å².